The minimum atomic E-state index is -3.75. The molecular formula is C22H23N3O4S. The standard InChI is InChI=1S/C22H23N3O4S/c1-15-4-2-6-18(12-15)23-22(27)17-5-3-11-25(14-17)30(28,29)19-8-9-20-16(13-19)7-10-21(26)24-20/h2,4,6-10,12-13,17H,3,5,11,14H2,1H3,(H,23,27)(H,24,26)/t17-/m1/s1. The zero-order valence-corrected chi connectivity index (χ0v) is 17.4. The molecule has 1 saturated heterocycles. The number of pyridine rings is 1. The lowest BCUT2D eigenvalue weighted by Gasteiger charge is -2.31. The monoisotopic (exact) mass is 425 g/mol. The van der Waals surface area contributed by atoms with Gasteiger partial charge in [0.05, 0.1) is 10.8 Å². The molecule has 156 valence electrons. The van der Waals surface area contributed by atoms with Crippen LogP contribution in [0.15, 0.2) is 64.3 Å². The van der Waals surface area contributed by atoms with Crippen molar-refractivity contribution in [3.63, 3.8) is 0 Å². The quantitative estimate of drug-likeness (QED) is 0.671. The summed E-state index contributed by atoms with van der Waals surface area (Å²) in [6.45, 7) is 2.47. The molecule has 8 heteroatoms. The Labute approximate surface area is 174 Å². The molecule has 7 nitrogen and oxygen atoms in total. The Hall–Kier alpha value is -2.97. The summed E-state index contributed by atoms with van der Waals surface area (Å²) in [4.78, 5) is 27.0. The van der Waals surface area contributed by atoms with E-state index in [9.17, 15) is 18.0 Å². The van der Waals surface area contributed by atoms with Gasteiger partial charge in [0.2, 0.25) is 21.5 Å². The van der Waals surface area contributed by atoms with Gasteiger partial charge in [0.15, 0.2) is 0 Å². The van der Waals surface area contributed by atoms with Crippen LogP contribution < -0.4 is 10.9 Å². The number of aromatic nitrogens is 1. The molecule has 4 rings (SSSR count). The van der Waals surface area contributed by atoms with E-state index in [1.807, 2.05) is 31.2 Å². The fraction of sp³-hybridized carbons (Fsp3) is 0.273. The Kier molecular flexibility index (Phi) is 5.44. The number of carbonyl (C=O) groups excluding carboxylic acids is 1. The van der Waals surface area contributed by atoms with Crippen LogP contribution in [0.1, 0.15) is 18.4 Å². The molecule has 0 spiro atoms. The molecule has 0 saturated carbocycles. The fourth-order valence-electron chi connectivity index (χ4n) is 3.78. The van der Waals surface area contributed by atoms with Crippen molar-refractivity contribution in [2.75, 3.05) is 18.4 Å². The number of anilines is 1. The van der Waals surface area contributed by atoms with Crippen molar-refractivity contribution < 1.29 is 13.2 Å². The maximum atomic E-state index is 13.2. The van der Waals surface area contributed by atoms with Crippen LogP contribution in [-0.4, -0.2) is 36.7 Å². The van der Waals surface area contributed by atoms with Gasteiger partial charge >= 0.3 is 0 Å². The van der Waals surface area contributed by atoms with Gasteiger partial charge in [-0.25, -0.2) is 8.42 Å². The number of sulfonamides is 1. The minimum absolute atomic E-state index is 0.143. The van der Waals surface area contributed by atoms with Crippen LogP contribution >= 0.6 is 0 Å². The number of aromatic amines is 1. The highest BCUT2D eigenvalue weighted by molar-refractivity contribution is 7.89. The molecule has 0 radical (unpaired) electrons. The second-order valence-corrected chi connectivity index (χ2v) is 9.57. The normalized spacial score (nSPS) is 17.7. The maximum absolute atomic E-state index is 13.2. The second-order valence-electron chi connectivity index (χ2n) is 7.63. The Balaban J connectivity index is 1.53. The highest BCUT2D eigenvalue weighted by Gasteiger charge is 2.33. The maximum Gasteiger partial charge on any atom is 0.248 e. The van der Waals surface area contributed by atoms with E-state index in [0.29, 0.717) is 36.0 Å². The number of aryl methyl sites for hydroxylation is 1. The molecule has 1 aromatic heterocycles. The van der Waals surface area contributed by atoms with Gasteiger partial charge in [-0.2, -0.15) is 4.31 Å². The predicted octanol–water partition coefficient (Wildman–Crippen LogP) is 2.88. The highest BCUT2D eigenvalue weighted by atomic mass is 32.2. The summed E-state index contributed by atoms with van der Waals surface area (Å²) in [5, 5.41) is 3.54. The number of piperidine rings is 1. The number of nitrogens with zero attached hydrogens (tertiary/aromatic N) is 1. The molecule has 0 unspecified atom stereocenters. The van der Waals surface area contributed by atoms with Gasteiger partial charge in [0.1, 0.15) is 0 Å². The third-order valence-electron chi connectivity index (χ3n) is 5.37. The number of fused-ring (bicyclic) bond motifs is 1. The molecule has 2 N–H and O–H groups in total. The van der Waals surface area contributed by atoms with E-state index < -0.39 is 15.9 Å². The van der Waals surface area contributed by atoms with E-state index >= 15 is 0 Å². The number of H-pyrrole nitrogens is 1. The van der Waals surface area contributed by atoms with Gasteiger partial charge in [-0.1, -0.05) is 12.1 Å². The van der Waals surface area contributed by atoms with Crippen molar-refractivity contribution in [3.05, 3.63) is 70.5 Å². The first-order chi connectivity index (χ1) is 14.3. The summed E-state index contributed by atoms with van der Waals surface area (Å²) in [7, 11) is -3.75. The number of hydrogen-bond donors (Lipinski definition) is 2. The van der Waals surface area contributed by atoms with Gasteiger partial charge in [0, 0.05) is 30.4 Å². The molecule has 3 aromatic rings. The number of nitrogens with one attached hydrogen (secondary N) is 2. The Morgan fingerprint density at radius 2 is 1.97 bits per heavy atom. The summed E-state index contributed by atoms with van der Waals surface area (Å²) in [5.74, 6) is -0.581. The topological polar surface area (TPSA) is 99.3 Å². The zero-order valence-electron chi connectivity index (χ0n) is 16.6. The van der Waals surface area contributed by atoms with Crippen molar-refractivity contribution in [1.29, 1.82) is 0 Å². The molecule has 30 heavy (non-hydrogen) atoms. The second kappa shape index (κ2) is 8.04. The molecule has 1 aliphatic rings. The first kappa shape index (κ1) is 20.3. The minimum Gasteiger partial charge on any atom is -0.326 e. The van der Waals surface area contributed by atoms with E-state index in [0.717, 1.165) is 5.56 Å². The van der Waals surface area contributed by atoms with Crippen LogP contribution in [0.2, 0.25) is 0 Å². The van der Waals surface area contributed by atoms with Crippen molar-refractivity contribution in [1.82, 2.24) is 9.29 Å². The van der Waals surface area contributed by atoms with E-state index in [1.54, 1.807) is 18.2 Å². The van der Waals surface area contributed by atoms with Crippen LogP contribution in [0.4, 0.5) is 5.69 Å². The van der Waals surface area contributed by atoms with E-state index in [1.165, 1.54) is 16.4 Å². The van der Waals surface area contributed by atoms with E-state index in [4.69, 9.17) is 0 Å². The molecule has 1 amide bonds. The van der Waals surface area contributed by atoms with Crippen molar-refractivity contribution in [3.8, 4) is 0 Å². The number of benzene rings is 2. The highest BCUT2D eigenvalue weighted by Crippen LogP contribution is 2.26. The summed E-state index contributed by atoms with van der Waals surface area (Å²) < 4.78 is 27.8. The van der Waals surface area contributed by atoms with Crippen molar-refractivity contribution >= 4 is 32.5 Å². The van der Waals surface area contributed by atoms with Gasteiger partial charge in [-0.05, 0) is 67.1 Å². The fourth-order valence-corrected chi connectivity index (χ4v) is 5.34. The lowest BCUT2D eigenvalue weighted by Crippen LogP contribution is -2.43. The van der Waals surface area contributed by atoms with Crippen molar-refractivity contribution in [2.45, 2.75) is 24.7 Å². The van der Waals surface area contributed by atoms with E-state index in [2.05, 4.69) is 10.3 Å². The number of amides is 1. The number of carbonyl (C=O) groups is 1. The van der Waals surface area contributed by atoms with Crippen LogP contribution in [0.3, 0.4) is 0 Å². The van der Waals surface area contributed by atoms with Gasteiger partial charge in [-0.15, -0.1) is 0 Å². The van der Waals surface area contributed by atoms with Gasteiger partial charge in [-0.3, -0.25) is 9.59 Å². The largest absolute Gasteiger partial charge is 0.326 e. The van der Waals surface area contributed by atoms with E-state index in [-0.39, 0.29) is 22.9 Å². The molecule has 2 heterocycles. The molecule has 2 aromatic carbocycles. The summed E-state index contributed by atoms with van der Waals surface area (Å²) in [6.07, 6.45) is 1.26. The summed E-state index contributed by atoms with van der Waals surface area (Å²) >= 11 is 0. The first-order valence-electron chi connectivity index (χ1n) is 9.84. The Morgan fingerprint density at radius 1 is 1.13 bits per heavy atom. The molecular weight excluding hydrogens is 402 g/mol. The third kappa shape index (κ3) is 4.15. The average molecular weight is 426 g/mol. The lowest BCUT2D eigenvalue weighted by molar-refractivity contribution is -0.120. The van der Waals surface area contributed by atoms with Crippen molar-refractivity contribution in [2.24, 2.45) is 5.92 Å². The first-order valence-corrected chi connectivity index (χ1v) is 11.3. The smallest absolute Gasteiger partial charge is 0.248 e. The molecule has 1 atom stereocenters. The zero-order chi connectivity index (χ0) is 21.3. The van der Waals surface area contributed by atoms with Crippen LogP contribution in [0.5, 0.6) is 0 Å². The summed E-state index contributed by atoms with van der Waals surface area (Å²) in [6, 6.07) is 15.1. The Morgan fingerprint density at radius 3 is 2.77 bits per heavy atom. The average Bonchev–Trinajstić information content (AvgIpc) is 2.73. The predicted molar refractivity (Wildman–Crippen MR) is 116 cm³/mol. The molecule has 1 fully saturated rings. The third-order valence-corrected chi connectivity index (χ3v) is 7.23. The number of hydrogen-bond acceptors (Lipinski definition) is 4. The molecule has 0 bridgehead atoms. The van der Waals surface area contributed by atoms with Crippen LogP contribution in [0.25, 0.3) is 10.9 Å². The van der Waals surface area contributed by atoms with Gasteiger partial charge < -0.3 is 10.3 Å². The molecule has 0 aliphatic carbocycles. The van der Waals surface area contributed by atoms with Crippen LogP contribution in [0, 0.1) is 12.8 Å². The lowest BCUT2D eigenvalue weighted by atomic mass is 9.98. The molecule has 1 aliphatic heterocycles. The SMILES string of the molecule is Cc1cccc(NC(=O)[C@@H]2CCCN(S(=O)(=O)c3ccc4[nH]c(=O)ccc4c3)C2)c1. The van der Waals surface area contributed by atoms with Crippen LogP contribution in [-0.2, 0) is 14.8 Å². The van der Waals surface area contributed by atoms with Gasteiger partial charge in [0.25, 0.3) is 0 Å². The summed E-state index contributed by atoms with van der Waals surface area (Å²) in [5.41, 5.74) is 2.09. The number of rotatable bonds is 4. The Bertz CT molecular complexity index is 1270.